The topological polar surface area (TPSA) is 108 Å². The second kappa shape index (κ2) is 7.78. The van der Waals surface area contributed by atoms with E-state index < -0.39 is 11.6 Å². The van der Waals surface area contributed by atoms with Gasteiger partial charge < -0.3 is 9.73 Å². The Morgan fingerprint density at radius 2 is 1.94 bits per heavy atom. The Morgan fingerprint density at radius 3 is 2.74 bits per heavy atom. The lowest BCUT2D eigenvalue weighted by Gasteiger charge is -2.27. The minimum atomic E-state index is -0.452. The van der Waals surface area contributed by atoms with Crippen LogP contribution in [0.3, 0.4) is 0 Å². The first-order valence-electron chi connectivity index (χ1n) is 10.0. The highest BCUT2D eigenvalue weighted by Crippen LogP contribution is 2.33. The highest BCUT2D eigenvalue weighted by Gasteiger charge is 2.29. The number of anilines is 1. The van der Waals surface area contributed by atoms with E-state index in [1.54, 1.807) is 35.0 Å². The van der Waals surface area contributed by atoms with E-state index in [0.717, 1.165) is 10.3 Å². The molecule has 5 rings (SSSR count). The zero-order valence-electron chi connectivity index (χ0n) is 16.4. The first-order chi connectivity index (χ1) is 15.1. The van der Waals surface area contributed by atoms with Crippen LogP contribution < -0.4 is 11.1 Å². The van der Waals surface area contributed by atoms with Crippen molar-refractivity contribution in [1.29, 1.82) is 0 Å². The summed E-state index contributed by atoms with van der Waals surface area (Å²) >= 11 is 0. The number of amides is 1. The number of halogens is 1. The molecule has 3 aromatic heterocycles. The summed E-state index contributed by atoms with van der Waals surface area (Å²) in [5, 5.41) is 10.9. The van der Waals surface area contributed by atoms with Gasteiger partial charge in [-0.1, -0.05) is 12.1 Å². The van der Waals surface area contributed by atoms with Gasteiger partial charge in [0.15, 0.2) is 17.2 Å². The summed E-state index contributed by atoms with van der Waals surface area (Å²) in [7, 11) is 0. The Morgan fingerprint density at radius 1 is 1.13 bits per heavy atom. The summed E-state index contributed by atoms with van der Waals surface area (Å²) in [6.45, 7) is 0. The number of para-hydroxylation sites is 1. The molecule has 31 heavy (non-hydrogen) atoms. The fraction of sp³-hybridized carbons (Fsp3) is 0.286. The molecule has 0 saturated heterocycles. The number of fused-ring (bicyclic) bond motifs is 1. The average Bonchev–Trinajstić information content (AvgIpc) is 3.37. The third kappa shape index (κ3) is 3.60. The number of pyridine rings is 1. The lowest BCUT2D eigenvalue weighted by atomic mass is 9.85. The fourth-order valence-electron chi connectivity index (χ4n) is 4.11. The van der Waals surface area contributed by atoms with Gasteiger partial charge in [0.05, 0.1) is 17.9 Å². The van der Waals surface area contributed by atoms with Gasteiger partial charge in [0.1, 0.15) is 5.69 Å². The predicted molar refractivity (Wildman–Crippen MR) is 109 cm³/mol. The Kier molecular flexibility index (Phi) is 4.81. The highest BCUT2D eigenvalue weighted by atomic mass is 19.1. The van der Waals surface area contributed by atoms with Crippen molar-refractivity contribution >= 4 is 22.8 Å². The van der Waals surface area contributed by atoms with Crippen molar-refractivity contribution in [2.75, 3.05) is 5.32 Å². The zero-order valence-corrected chi connectivity index (χ0v) is 16.4. The maximum Gasteiger partial charge on any atom is 0.420 e. The molecular formula is C21H19FN6O3. The van der Waals surface area contributed by atoms with Crippen LogP contribution in [-0.4, -0.2) is 30.5 Å². The van der Waals surface area contributed by atoms with Gasteiger partial charge in [0.25, 0.3) is 0 Å². The second-order valence-corrected chi connectivity index (χ2v) is 7.55. The number of nitrogens with zero attached hydrogens (tertiary/aromatic N) is 5. The first kappa shape index (κ1) is 19.2. The van der Waals surface area contributed by atoms with E-state index in [-0.39, 0.29) is 29.4 Å². The van der Waals surface area contributed by atoms with E-state index in [4.69, 9.17) is 4.42 Å². The predicted octanol–water partition coefficient (Wildman–Crippen LogP) is 3.08. The molecule has 1 saturated carbocycles. The minimum Gasteiger partial charge on any atom is -0.406 e. The van der Waals surface area contributed by atoms with E-state index in [2.05, 4.69) is 20.5 Å². The van der Waals surface area contributed by atoms with Gasteiger partial charge in [-0.3, -0.25) is 14.3 Å². The number of aromatic nitrogens is 5. The van der Waals surface area contributed by atoms with Crippen molar-refractivity contribution in [2.45, 2.75) is 31.7 Å². The minimum absolute atomic E-state index is 0.0258. The molecule has 1 aliphatic rings. The molecule has 9 nitrogen and oxygen atoms in total. The zero-order chi connectivity index (χ0) is 21.4. The van der Waals surface area contributed by atoms with Crippen LogP contribution in [0.1, 0.15) is 31.7 Å². The number of hydrogen-bond donors (Lipinski definition) is 1. The van der Waals surface area contributed by atoms with Crippen molar-refractivity contribution in [3.8, 4) is 5.69 Å². The number of carbonyl (C=O) groups excluding carboxylic acids is 1. The lowest BCUT2D eigenvalue weighted by molar-refractivity contribution is -0.121. The maximum absolute atomic E-state index is 13.9. The molecule has 1 amide bonds. The summed E-state index contributed by atoms with van der Waals surface area (Å²) in [5.74, 6) is -0.953. The second-order valence-electron chi connectivity index (χ2n) is 7.55. The van der Waals surface area contributed by atoms with Crippen molar-refractivity contribution in [1.82, 2.24) is 24.5 Å². The van der Waals surface area contributed by atoms with Crippen LogP contribution in [0.5, 0.6) is 0 Å². The van der Waals surface area contributed by atoms with Gasteiger partial charge in [-0.15, -0.1) is 9.90 Å². The Balaban J connectivity index is 1.24. The smallest absolute Gasteiger partial charge is 0.406 e. The van der Waals surface area contributed by atoms with Crippen molar-refractivity contribution in [3.05, 3.63) is 65.3 Å². The number of benzene rings is 1. The van der Waals surface area contributed by atoms with E-state index in [1.165, 1.54) is 18.5 Å². The van der Waals surface area contributed by atoms with Crippen molar-refractivity contribution in [3.63, 3.8) is 0 Å². The maximum atomic E-state index is 13.9. The Bertz CT molecular complexity index is 1300. The van der Waals surface area contributed by atoms with Gasteiger partial charge in [0.2, 0.25) is 5.91 Å². The monoisotopic (exact) mass is 422 g/mol. The van der Waals surface area contributed by atoms with Crippen LogP contribution in [0.25, 0.3) is 16.8 Å². The summed E-state index contributed by atoms with van der Waals surface area (Å²) < 4.78 is 20.8. The number of hydrogen-bond acceptors (Lipinski definition) is 6. The molecule has 158 valence electrons. The standard InChI is InChI=1S/C21H19FN6O3/c22-15-3-1-2-4-16(15)28-24-12-19(26-28)25-20(29)13-5-7-14(8-6-13)27-17-9-10-23-11-18(17)31-21(27)30/h1-4,9-14H,5-8H2,(H,25,26,29). The number of oxazole rings is 1. The number of nitrogens with one attached hydrogen (secondary N) is 1. The van der Waals surface area contributed by atoms with Gasteiger partial charge in [-0.05, 0) is 43.9 Å². The summed E-state index contributed by atoms with van der Waals surface area (Å²) in [4.78, 5) is 30.1. The van der Waals surface area contributed by atoms with Crippen LogP contribution in [0.2, 0.25) is 0 Å². The molecule has 0 radical (unpaired) electrons. The van der Waals surface area contributed by atoms with Gasteiger partial charge in [-0.25, -0.2) is 9.18 Å². The molecule has 4 aromatic rings. The van der Waals surface area contributed by atoms with Crippen molar-refractivity contribution < 1.29 is 13.6 Å². The fourth-order valence-corrected chi connectivity index (χ4v) is 4.11. The summed E-state index contributed by atoms with van der Waals surface area (Å²) in [5.41, 5.74) is 1.39. The molecule has 0 spiro atoms. The molecule has 0 aliphatic heterocycles. The lowest BCUT2D eigenvalue weighted by Crippen LogP contribution is -2.30. The first-order valence-corrected chi connectivity index (χ1v) is 10.0. The normalized spacial score (nSPS) is 18.9. The van der Waals surface area contributed by atoms with E-state index >= 15 is 0 Å². The molecule has 1 aromatic carbocycles. The molecule has 0 atom stereocenters. The van der Waals surface area contributed by atoms with E-state index in [1.807, 2.05) is 0 Å². The molecule has 10 heteroatoms. The third-order valence-electron chi connectivity index (χ3n) is 5.66. The van der Waals surface area contributed by atoms with Gasteiger partial charge in [0, 0.05) is 18.2 Å². The summed E-state index contributed by atoms with van der Waals surface area (Å²) in [6, 6.07) is 7.88. The molecule has 3 heterocycles. The molecule has 1 aliphatic carbocycles. The van der Waals surface area contributed by atoms with Crippen LogP contribution in [0, 0.1) is 11.7 Å². The van der Waals surface area contributed by atoms with E-state index in [9.17, 15) is 14.0 Å². The largest absolute Gasteiger partial charge is 0.420 e. The number of rotatable bonds is 4. The van der Waals surface area contributed by atoms with Crippen LogP contribution in [-0.2, 0) is 4.79 Å². The molecule has 0 bridgehead atoms. The van der Waals surface area contributed by atoms with Crippen molar-refractivity contribution in [2.24, 2.45) is 5.92 Å². The molecule has 1 N–H and O–H groups in total. The average molecular weight is 422 g/mol. The van der Waals surface area contributed by atoms with Gasteiger partial charge >= 0.3 is 5.76 Å². The molecular weight excluding hydrogens is 403 g/mol. The number of carbonyl (C=O) groups is 1. The van der Waals surface area contributed by atoms with Crippen LogP contribution in [0.15, 0.2) is 58.1 Å². The SMILES string of the molecule is O=C(Nc1cnn(-c2ccccc2F)n1)C1CCC(n2c(=O)oc3cnccc32)CC1. The third-order valence-corrected chi connectivity index (χ3v) is 5.66. The van der Waals surface area contributed by atoms with Crippen LogP contribution in [0.4, 0.5) is 10.2 Å². The Labute approximate surface area is 175 Å². The van der Waals surface area contributed by atoms with Crippen LogP contribution >= 0.6 is 0 Å². The molecule has 0 unspecified atom stereocenters. The van der Waals surface area contributed by atoms with E-state index in [0.29, 0.717) is 31.3 Å². The highest BCUT2D eigenvalue weighted by molar-refractivity contribution is 5.91. The quantitative estimate of drug-likeness (QED) is 0.542. The van der Waals surface area contributed by atoms with Gasteiger partial charge in [-0.2, -0.15) is 5.10 Å². The Hall–Kier alpha value is -3.82. The summed E-state index contributed by atoms with van der Waals surface area (Å²) in [6.07, 6.45) is 7.15. The molecule has 1 fully saturated rings.